The van der Waals surface area contributed by atoms with Gasteiger partial charge in [-0.3, -0.25) is 4.79 Å². The smallest absolute Gasteiger partial charge is 0.312 e. The lowest BCUT2D eigenvalue weighted by Crippen LogP contribution is -2.50. The Hall–Kier alpha value is -2.04. The van der Waals surface area contributed by atoms with Crippen molar-refractivity contribution in [1.29, 1.82) is 0 Å². The number of amides is 3. The van der Waals surface area contributed by atoms with E-state index in [0.29, 0.717) is 17.9 Å². The Labute approximate surface area is 130 Å². The molecule has 4 atom stereocenters. The van der Waals surface area contributed by atoms with Crippen LogP contribution < -0.4 is 11.1 Å². The maximum absolute atomic E-state index is 12.7. The molecule has 2 aliphatic rings. The van der Waals surface area contributed by atoms with Gasteiger partial charge in [0.25, 0.3) is 0 Å². The van der Waals surface area contributed by atoms with E-state index < -0.39 is 12.1 Å². The van der Waals surface area contributed by atoms with Crippen molar-refractivity contribution in [1.82, 2.24) is 10.2 Å². The number of carbonyl (C=O) groups is 2. The Morgan fingerprint density at radius 1 is 1.27 bits per heavy atom. The zero-order valence-corrected chi connectivity index (χ0v) is 12.9. The summed E-state index contributed by atoms with van der Waals surface area (Å²) in [7, 11) is 0. The topological polar surface area (TPSA) is 75.4 Å². The highest BCUT2D eigenvalue weighted by atomic mass is 16.2. The second kappa shape index (κ2) is 5.99. The molecule has 3 N–H and O–H groups in total. The summed E-state index contributed by atoms with van der Waals surface area (Å²) in [5, 5.41) is 2.50. The largest absolute Gasteiger partial charge is 0.352 e. The van der Waals surface area contributed by atoms with Gasteiger partial charge in [-0.2, -0.15) is 0 Å². The Balaban J connectivity index is 1.79. The van der Waals surface area contributed by atoms with Crippen molar-refractivity contribution in [3.63, 3.8) is 0 Å². The highest BCUT2D eigenvalue weighted by Crippen LogP contribution is 2.46. The van der Waals surface area contributed by atoms with E-state index in [1.54, 1.807) is 6.92 Å². The minimum Gasteiger partial charge on any atom is -0.352 e. The zero-order chi connectivity index (χ0) is 15.7. The van der Waals surface area contributed by atoms with Crippen LogP contribution >= 0.6 is 0 Å². The molecule has 1 aliphatic carbocycles. The van der Waals surface area contributed by atoms with Crippen molar-refractivity contribution in [3.05, 3.63) is 35.9 Å². The van der Waals surface area contributed by atoms with E-state index in [-0.39, 0.29) is 5.91 Å². The Morgan fingerprint density at radius 2 is 2.00 bits per heavy atom. The predicted octanol–water partition coefficient (Wildman–Crippen LogP) is 1.84. The van der Waals surface area contributed by atoms with E-state index >= 15 is 0 Å². The Kier molecular flexibility index (Phi) is 4.05. The fourth-order valence-corrected chi connectivity index (χ4v) is 4.14. The number of nitrogens with one attached hydrogen (secondary N) is 1. The van der Waals surface area contributed by atoms with Crippen LogP contribution in [0.3, 0.4) is 0 Å². The molecule has 2 fully saturated rings. The second-order valence-electron chi connectivity index (χ2n) is 6.40. The summed E-state index contributed by atoms with van der Waals surface area (Å²) in [6.07, 6.45) is 3.40. The molecule has 1 saturated heterocycles. The zero-order valence-electron chi connectivity index (χ0n) is 12.9. The summed E-state index contributed by atoms with van der Waals surface area (Å²) >= 11 is 0. The molecule has 22 heavy (non-hydrogen) atoms. The van der Waals surface area contributed by atoms with Crippen LogP contribution in [-0.4, -0.2) is 35.5 Å². The monoisotopic (exact) mass is 301 g/mol. The van der Waals surface area contributed by atoms with Crippen LogP contribution in [0.2, 0.25) is 0 Å². The quantitative estimate of drug-likeness (QED) is 0.894. The highest BCUT2D eigenvalue weighted by molar-refractivity contribution is 5.86. The highest BCUT2D eigenvalue weighted by Gasteiger charge is 2.47. The molecule has 0 unspecified atom stereocenters. The van der Waals surface area contributed by atoms with E-state index in [2.05, 4.69) is 29.6 Å². The van der Waals surface area contributed by atoms with Gasteiger partial charge in [0.05, 0.1) is 0 Å². The van der Waals surface area contributed by atoms with Crippen LogP contribution in [0.4, 0.5) is 4.79 Å². The van der Waals surface area contributed by atoms with Crippen LogP contribution in [0.25, 0.3) is 0 Å². The van der Waals surface area contributed by atoms with Gasteiger partial charge in [0.2, 0.25) is 5.91 Å². The number of hydrogen-bond donors (Lipinski definition) is 2. The Bertz CT molecular complexity index is 560. The SMILES string of the molecule is C[C@H](NC(N)=O)C(=O)N1C[C@H](c2ccccc2)[C@@H]2CCC[C@@H]21. The van der Waals surface area contributed by atoms with Gasteiger partial charge in [0.1, 0.15) is 6.04 Å². The van der Waals surface area contributed by atoms with Crippen molar-refractivity contribution in [2.75, 3.05) is 6.54 Å². The van der Waals surface area contributed by atoms with Crippen molar-refractivity contribution < 1.29 is 9.59 Å². The molecule has 118 valence electrons. The molecule has 3 amide bonds. The number of likely N-dealkylation sites (tertiary alicyclic amines) is 1. The van der Waals surface area contributed by atoms with Gasteiger partial charge < -0.3 is 16.0 Å². The Morgan fingerprint density at radius 3 is 2.68 bits per heavy atom. The molecule has 1 aromatic rings. The number of benzene rings is 1. The van der Waals surface area contributed by atoms with Crippen LogP contribution in [0, 0.1) is 5.92 Å². The lowest BCUT2D eigenvalue weighted by molar-refractivity contribution is -0.133. The van der Waals surface area contributed by atoms with E-state index in [0.717, 1.165) is 13.0 Å². The molecule has 0 bridgehead atoms. The summed E-state index contributed by atoms with van der Waals surface area (Å²) in [6.45, 7) is 2.44. The van der Waals surface area contributed by atoms with E-state index in [4.69, 9.17) is 5.73 Å². The number of nitrogens with two attached hydrogens (primary N) is 1. The van der Waals surface area contributed by atoms with Gasteiger partial charge in [-0.15, -0.1) is 0 Å². The van der Waals surface area contributed by atoms with Gasteiger partial charge >= 0.3 is 6.03 Å². The first kappa shape index (κ1) is 14.9. The fourth-order valence-electron chi connectivity index (χ4n) is 4.14. The fraction of sp³-hybridized carbons (Fsp3) is 0.529. The maximum atomic E-state index is 12.7. The van der Waals surface area contributed by atoms with Crippen LogP contribution in [-0.2, 0) is 4.79 Å². The second-order valence-corrected chi connectivity index (χ2v) is 6.40. The molecule has 1 saturated carbocycles. The van der Waals surface area contributed by atoms with E-state index in [1.807, 2.05) is 11.0 Å². The molecular weight excluding hydrogens is 278 g/mol. The van der Waals surface area contributed by atoms with Crippen LogP contribution in [0.15, 0.2) is 30.3 Å². The average molecular weight is 301 g/mol. The third-order valence-electron chi connectivity index (χ3n) is 5.08. The van der Waals surface area contributed by atoms with Gasteiger partial charge in [-0.1, -0.05) is 36.8 Å². The number of hydrogen-bond acceptors (Lipinski definition) is 2. The standard InChI is InChI=1S/C17H23N3O2/c1-11(19-17(18)22)16(21)20-10-14(12-6-3-2-4-7-12)13-8-5-9-15(13)20/h2-4,6-7,11,13-15H,5,8-10H2,1H3,(H3,18,19,22)/t11-,13-,14+,15-/m0/s1. The maximum Gasteiger partial charge on any atom is 0.312 e. The van der Waals surface area contributed by atoms with Crippen molar-refractivity contribution in [3.8, 4) is 0 Å². The van der Waals surface area contributed by atoms with Gasteiger partial charge in [-0.25, -0.2) is 4.79 Å². The molecule has 5 nitrogen and oxygen atoms in total. The average Bonchev–Trinajstić information content (AvgIpc) is 3.08. The van der Waals surface area contributed by atoms with Gasteiger partial charge in [0, 0.05) is 18.5 Å². The lowest BCUT2D eigenvalue weighted by Gasteiger charge is -2.26. The minimum atomic E-state index is -0.650. The van der Waals surface area contributed by atoms with E-state index in [1.165, 1.54) is 18.4 Å². The predicted molar refractivity (Wildman–Crippen MR) is 84.2 cm³/mol. The number of rotatable bonds is 3. The summed E-state index contributed by atoms with van der Waals surface area (Å²) in [5.74, 6) is 0.916. The molecular formula is C17H23N3O2. The van der Waals surface area contributed by atoms with Crippen molar-refractivity contribution in [2.45, 2.75) is 44.2 Å². The molecule has 1 heterocycles. The number of primary amides is 1. The van der Waals surface area contributed by atoms with Gasteiger partial charge in [-0.05, 0) is 31.2 Å². The molecule has 0 aromatic heterocycles. The molecule has 0 spiro atoms. The van der Waals surface area contributed by atoms with Crippen LogP contribution in [0.5, 0.6) is 0 Å². The molecule has 3 rings (SSSR count). The molecule has 1 aromatic carbocycles. The first-order valence-electron chi connectivity index (χ1n) is 7.99. The first-order chi connectivity index (χ1) is 10.6. The van der Waals surface area contributed by atoms with Crippen LogP contribution in [0.1, 0.15) is 37.7 Å². The number of fused-ring (bicyclic) bond motifs is 1. The molecule has 0 radical (unpaired) electrons. The number of nitrogens with zero attached hydrogens (tertiary/aromatic N) is 1. The summed E-state index contributed by atoms with van der Waals surface area (Å²) in [4.78, 5) is 25.6. The van der Waals surface area contributed by atoms with Crippen molar-refractivity contribution >= 4 is 11.9 Å². The molecule has 5 heteroatoms. The summed E-state index contributed by atoms with van der Waals surface area (Å²) in [5.41, 5.74) is 6.44. The van der Waals surface area contributed by atoms with E-state index in [9.17, 15) is 9.59 Å². The number of urea groups is 1. The van der Waals surface area contributed by atoms with Gasteiger partial charge in [0.15, 0.2) is 0 Å². The third kappa shape index (κ3) is 2.67. The van der Waals surface area contributed by atoms with Crippen molar-refractivity contribution in [2.24, 2.45) is 11.7 Å². The minimum absolute atomic E-state index is 0.0193. The summed E-state index contributed by atoms with van der Waals surface area (Å²) < 4.78 is 0. The lowest BCUT2D eigenvalue weighted by atomic mass is 9.87. The normalized spacial score (nSPS) is 28.2. The molecule has 1 aliphatic heterocycles. The number of carbonyl (C=O) groups excluding carboxylic acids is 2. The first-order valence-corrected chi connectivity index (χ1v) is 7.99. The summed E-state index contributed by atoms with van der Waals surface area (Å²) in [6, 6.07) is 9.53. The third-order valence-corrected chi connectivity index (χ3v) is 5.08.